The maximum atomic E-state index is 14.7. The van der Waals surface area contributed by atoms with E-state index in [0.29, 0.717) is 44.8 Å². The minimum atomic E-state index is -0.205. The van der Waals surface area contributed by atoms with Gasteiger partial charge in [0.2, 0.25) is 5.65 Å². The largest absolute Gasteiger partial charge is 0.355 e. The zero-order chi connectivity index (χ0) is 25.0. The fourth-order valence-corrected chi connectivity index (χ4v) is 6.54. The average Bonchev–Trinajstić information content (AvgIpc) is 3.37. The van der Waals surface area contributed by atoms with Crippen LogP contribution in [0.15, 0.2) is 48.7 Å². The number of anilines is 1. The third-order valence-electron chi connectivity index (χ3n) is 8.09. The van der Waals surface area contributed by atoms with Crippen LogP contribution in [0.1, 0.15) is 35.7 Å². The van der Waals surface area contributed by atoms with E-state index >= 15 is 0 Å². The molecule has 7 nitrogen and oxygen atoms in total. The zero-order valence-corrected chi connectivity index (χ0v) is 20.8. The van der Waals surface area contributed by atoms with Crippen LogP contribution in [0.25, 0.3) is 22.4 Å². The zero-order valence-electron chi connectivity index (χ0n) is 20.1. The Morgan fingerprint density at radius 2 is 2.11 bits per heavy atom. The molecule has 36 heavy (non-hydrogen) atoms. The van der Waals surface area contributed by atoms with Gasteiger partial charge in [0, 0.05) is 36.7 Å². The van der Waals surface area contributed by atoms with Crippen molar-refractivity contribution in [2.45, 2.75) is 25.2 Å². The highest BCUT2D eigenvalue weighted by Gasteiger charge is 2.65. The smallest absolute Gasteiger partial charge is 0.251 e. The van der Waals surface area contributed by atoms with Crippen LogP contribution in [0.2, 0.25) is 5.02 Å². The summed E-state index contributed by atoms with van der Waals surface area (Å²) in [5, 5.41) is 10.4. The molecule has 2 N–H and O–H groups in total. The summed E-state index contributed by atoms with van der Waals surface area (Å²) in [4.78, 5) is 23.6. The lowest BCUT2D eigenvalue weighted by molar-refractivity contribution is 0.0963. The highest BCUT2D eigenvalue weighted by atomic mass is 35.5. The number of carbonyl (C=O) groups is 1. The van der Waals surface area contributed by atoms with E-state index in [1.54, 1.807) is 43.6 Å². The van der Waals surface area contributed by atoms with Crippen LogP contribution in [0, 0.1) is 17.7 Å². The molecule has 0 unspecified atom stereocenters. The molecular formula is C27H26ClFN6O. The van der Waals surface area contributed by atoms with Crippen molar-refractivity contribution >= 4 is 34.5 Å². The van der Waals surface area contributed by atoms with E-state index in [1.165, 1.54) is 0 Å². The van der Waals surface area contributed by atoms with Gasteiger partial charge in [-0.3, -0.25) is 9.89 Å². The summed E-state index contributed by atoms with van der Waals surface area (Å²) in [6, 6.07) is 12.3. The number of piperidine rings is 1. The molecule has 1 saturated heterocycles. The number of hydrogen-bond acceptors (Lipinski definition) is 5. The van der Waals surface area contributed by atoms with Crippen molar-refractivity contribution in [2.75, 3.05) is 25.0 Å². The number of nitrogens with one attached hydrogen (secondary N) is 2. The summed E-state index contributed by atoms with van der Waals surface area (Å²) in [5.74, 6) is 1.34. The molecule has 1 aliphatic carbocycles. The van der Waals surface area contributed by atoms with Crippen molar-refractivity contribution < 1.29 is 9.18 Å². The molecule has 6 rings (SSSR count). The standard InChI is InChI=1S/C27H26ClFN6O/c1-3-27(18-6-4-5-7-21(18)29)17-10-11-35(14-19(17)27)22-13-31-24-23(33-34-25(24)32-22)16-9-8-15(12-20(16)28)26(36)30-2/h4-9,12-13,17,19H,3,10-11,14H2,1-2H3,(H,30,36)(H,32,33,34)/t17-,19+,27-/m1/s1. The van der Waals surface area contributed by atoms with E-state index < -0.39 is 0 Å². The topological polar surface area (TPSA) is 86.8 Å². The Hall–Kier alpha value is -3.52. The van der Waals surface area contributed by atoms with Crippen molar-refractivity contribution in [2.24, 2.45) is 11.8 Å². The van der Waals surface area contributed by atoms with Gasteiger partial charge in [0.15, 0.2) is 0 Å². The summed E-state index contributed by atoms with van der Waals surface area (Å²) >= 11 is 6.49. The van der Waals surface area contributed by atoms with E-state index in [4.69, 9.17) is 16.6 Å². The van der Waals surface area contributed by atoms with Crippen LogP contribution in [0.5, 0.6) is 0 Å². The molecular weight excluding hydrogens is 479 g/mol. The number of aromatic nitrogens is 4. The molecule has 1 amide bonds. The molecule has 3 atom stereocenters. The number of nitrogens with zero attached hydrogens (tertiary/aromatic N) is 4. The predicted octanol–water partition coefficient (Wildman–Crippen LogP) is 4.98. The molecule has 9 heteroatoms. The SMILES string of the molecule is CC[C@]1(c2ccccc2F)[C@@H]2CCN(c3cnc4c(-c5ccc(C(=O)NC)cc5Cl)[nH]nc4n3)C[C@@H]21. The minimum Gasteiger partial charge on any atom is -0.355 e. The second-order valence-corrected chi connectivity index (χ2v) is 10.0. The van der Waals surface area contributed by atoms with Gasteiger partial charge in [-0.1, -0.05) is 42.8 Å². The van der Waals surface area contributed by atoms with Crippen molar-refractivity contribution in [3.63, 3.8) is 0 Å². The first-order valence-electron chi connectivity index (χ1n) is 12.2. The lowest BCUT2D eigenvalue weighted by Crippen LogP contribution is -2.32. The van der Waals surface area contributed by atoms with E-state index in [-0.39, 0.29) is 17.1 Å². The fourth-order valence-electron chi connectivity index (χ4n) is 6.27. The third kappa shape index (κ3) is 3.38. The summed E-state index contributed by atoms with van der Waals surface area (Å²) < 4.78 is 14.7. The van der Waals surface area contributed by atoms with Gasteiger partial charge in [-0.05, 0) is 48.4 Å². The second kappa shape index (κ2) is 8.55. The lowest BCUT2D eigenvalue weighted by atomic mass is 9.88. The Bertz CT molecular complexity index is 1490. The monoisotopic (exact) mass is 504 g/mol. The predicted molar refractivity (Wildman–Crippen MR) is 138 cm³/mol. The Morgan fingerprint density at radius 3 is 2.86 bits per heavy atom. The molecule has 2 aromatic carbocycles. The molecule has 184 valence electrons. The summed E-state index contributed by atoms with van der Waals surface area (Å²) in [6.07, 6.45) is 3.68. The number of H-pyrrole nitrogens is 1. The average molecular weight is 505 g/mol. The van der Waals surface area contributed by atoms with Crippen molar-refractivity contribution in [1.82, 2.24) is 25.5 Å². The molecule has 1 aliphatic heterocycles. The molecule has 2 aromatic heterocycles. The van der Waals surface area contributed by atoms with Crippen molar-refractivity contribution in [3.05, 3.63) is 70.6 Å². The van der Waals surface area contributed by atoms with E-state index in [1.807, 2.05) is 12.1 Å². The maximum Gasteiger partial charge on any atom is 0.251 e. The third-order valence-corrected chi connectivity index (χ3v) is 8.40. The van der Waals surface area contributed by atoms with E-state index in [0.717, 1.165) is 37.3 Å². The minimum absolute atomic E-state index is 0.102. The number of carbonyl (C=O) groups excluding carboxylic acids is 1. The van der Waals surface area contributed by atoms with Crippen LogP contribution in [-0.2, 0) is 5.41 Å². The number of benzene rings is 2. The van der Waals surface area contributed by atoms with Gasteiger partial charge >= 0.3 is 0 Å². The van der Waals surface area contributed by atoms with Crippen LogP contribution in [0.3, 0.4) is 0 Å². The Labute approximate surface area is 213 Å². The van der Waals surface area contributed by atoms with Gasteiger partial charge in [-0.15, -0.1) is 0 Å². The summed E-state index contributed by atoms with van der Waals surface area (Å²) in [7, 11) is 1.58. The molecule has 4 aromatic rings. The van der Waals surface area contributed by atoms with Crippen LogP contribution >= 0.6 is 11.6 Å². The van der Waals surface area contributed by atoms with Gasteiger partial charge in [0.25, 0.3) is 5.91 Å². The number of amides is 1. The Balaban J connectivity index is 1.27. The Morgan fingerprint density at radius 1 is 1.28 bits per heavy atom. The van der Waals surface area contributed by atoms with Gasteiger partial charge < -0.3 is 10.2 Å². The molecule has 0 bridgehead atoms. The lowest BCUT2D eigenvalue weighted by Gasteiger charge is -2.26. The van der Waals surface area contributed by atoms with Crippen LogP contribution in [0.4, 0.5) is 10.2 Å². The highest BCUT2D eigenvalue weighted by molar-refractivity contribution is 6.34. The van der Waals surface area contributed by atoms with E-state index in [2.05, 4.69) is 32.3 Å². The number of halogens is 2. The van der Waals surface area contributed by atoms with E-state index in [9.17, 15) is 9.18 Å². The highest BCUT2D eigenvalue weighted by Crippen LogP contribution is 2.65. The van der Waals surface area contributed by atoms with Crippen LogP contribution < -0.4 is 10.2 Å². The quantitative estimate of drug-likeness (QED) is 0.400. The summed E-state index contributed by atoms with van der Waals surface area (Å²) in [6.45, 7) is 3.83. The molecule has 0 radical (unpaired) electrons. The maximum absolute atomic E-state index is 14.7. The van der Waals surface area contributed by atoms with Crippen LogP contribution in [-0.4, -0.2) is 46.2 Å². The molecule has 2 fully saturated rings. The Kier molecular flexibility index (Phi) is 5.44. The fraction of sp³-hybridized carbons (Fsp3) is 0.333. The number of rotatable bonds is 5. The molecule has 3 heterocycles. The van der Waals surface area contributed by atoms with Gasteiger partial charge in [0.05, 0.1) is 16.9 Å². The van der Waals surface area contributed by atoms with Gasteiger partial charge in [-0.25, -0.2) is 14.4 Å². The second-order valence-electron chi connectivity index (χ2n) is 9.59. The van der Waals surface area contributed by atoms with Gasteiger partial charge in [0.1, 0.15) is 17.2 Å². The van der Waals surface area contributed by atoms with Gasteiger partial charge in [-0.2, -0.15) is 5.10 Å². The number of fused-ring (bicyclic) bond motifs is 2. The van der Waals surface area contributed by atoms with Crippen molar-refractivity contribution in [1.29, 1.82) is 0 Å². The van der Waals surface area contributed by atoms with Crippen molar-refractivity contribution in [3.8, 4) is 11.3 Å². The molecule has 1 saturated carbocycles. The molecule has 0 spiro atoms. The normalized spacial score (nSPS) is 22.9. The first-order chi connectivity index (χ1) is 17.5. The first-order valence-corrected chi connectivity index (χ1v) is 12.6. The molecule has 2 aliphatic rings. The summed E-state index contributed by atoms with van der Waals surface area (Å²) in [5.41, 5.74) is 3.70. The number of aromatic amines is 1. The number of hydrogen-bond donors (Lipinski definition) is 2. The first kappa shape index (κ1) is 22.9.